The maximum Gasteiger partial charge on any atom is 0.224 e. The highest BCUT2D eigenvalue weighted by molar-refractivity contribution is 5.92. The van der Waals surface area contributed by atoms with E-state index in [1.54, 1.807) is 0 Å². The lowest BCUT2D eigenvalue weighted by molar-refractivity contribution is -0.131. The van der Waals surface area contributed by atoms with E-state index < -0.39 is 0 Å². The number of carbonyl (C=O) groups is 1. The summed E-state index contributed by atoms with van der Waals surface area (Å²) >= 11 is 0. The lowest BCUT2D eigenvalue weighted by Gasteiger charge is -2.36. The Kier molecular flexibility index (Phi) is 7.11. The highest BCUT2D eigenvalue weighted by Gasteiger charge is 2.20. The molecule has 0 unspecified atom stereocenters. The fourth-order valence-corrected chi connectivity index (χ4v) is 3.45. The summed E-state index contributed by atoms with van der Waals surface area (Å²) in [6, 6.07) is 18.5. The van der Waals surface area contributed by atoms with Gasteiger partial charge in [0.2, 0.25) is 5.91 Å². The Bertz CT molecular complexity index is 826. The number of para-hydroxylation sites is 1. The predicted molar refractivity (Wildman–Crippen MR) is 120 cm³/mol. The molecule has 1 aliphatic rings. The van der Waals surface area contributed by atoms with Crippen molar-refractivity contribution >= 4 is 23.2 Å². The smallest absolute Gasteiger partial charge is 0.224 e. The van der Waals surface area contributed by atoms with Gasteiger partial charge in [-0.15, -0.1) is 0 Å². The van der Waals surface area contributed by atoms with E-state index in [4.69, 9.17) is 5.73 Å². The molecule has 1 saturated heterocycles. The number of anilines is 2. The largest absolute Gasteiger partial charge is 0.370 e. The van der Waals surface area contributed by atoms with Gasteiger partial charge in [-0.05, 0) is 35.7 Å². The lowest BCUT2D eigenvalue weighted by atomic mass is 10.0. The number of nitrogens with two attached hydrogens (primary N) is 1. The number of piperazine rings is 1. The molecule has 1 aliphatic heterocycles. The summed E-state index contributed by atoms with van der Waals surface area (Å²) in [5, 5.41) is 3.11. The van der Waals surface area contributed by atoms with Crippen molar-refractivity contribution < 1.29 is 4.79 Å². The second-order valence-corrected chi connectivity index (χ2v) is 7.63. The standard InChI is InChI=1S/C23H31N5O/c1-18(2)19-7-6-8-20(17-19)26-23(24)25-12-11-22(29)28-15-13-27(14-16-28)21-9-4-3-5-10-21/h3-10,17-18H,11-16H2,1-2H3,(H3,24,25,26). The number of rotatable bonds is 6. The highest BCUT2D eigenvalue weighted by Crippen LogP contribution is 2.18. The van der Waals surface area contributed by atoms with Crippen molar-refractivity contribution in [3.8, 4) is 0 Å². The molecule has 0 bridgehead atoms. The summed E-state index contributed by atoms with van der Waals surface area (Å²) in [6.07, 6.45) is 0.375. The first-order valence-electron chi connectivity index (χ1n) is 10.3. The molecule has 1 fully saturated rings. The molecule has 154 valence electrons. The van der Waals surface area contributed by atoms with Crippen LogP contribution in [0.25, 0.3) is 0 Å². The van der Waals surface area contributed by atoms with E-state index in [-0.39, 0.29) is 5.91 Å². The van der Waals surface area contributed by atoms with Gasteiger partial charge in [-0.1, -0.05) is 44.2 Å². The summed E-state index contributed by atoms with van der Waals surface area (Å²) < 4.78 is 0. The second kappa shape index (κ2) is 9.96. The van der Waals surface area contributed by atoms with Crippen LogP contribution in [0.2, 0.25) is 0 Å². The van der Waals surface area contributed by atoms with Crippen LogP contribution in [0, 0.1) is 0 Å². The molecule has 3 rings (SSSR count). The molecule has 2 aromatic carbocycles. The summed E-state index contributed by atoms with van der Waals surface area (Å²) in [6.45, 7) is 7.90. The molecule has 0 aliphatic carbocycles. The van der Waals surface area contributed by atoms with Crippen LogP contribution in [0.5, 0.6) is 0 Å². The van der Waals surface area contributed by atoms with Gasteiger partial charge in [-0.25, -0.2) is 0 Å². The van der Waals surface area contributed by atoms with Crippen LogP contribution in [0.15, 0.2) is 59.6 Å². The average Bonchev–Trinajstić information content (AvgIpc) is 2.74. The number of aliphatic imine (C=N–C) groups is 1. The number of nitrogens with one attached hydrogen (secondary N) is 1. The normalized spacial score (nSPS) is 14.9. The van der Waals surface area contributed by atoms with Crippen molar-refractivity contribution in [2.24, 2.45) is 10.7 Å². The number of hydrogen-bond acceptors (Lipinski definition) is 3. The quantitative estimate of drug-likeness (QED) is 0.583. The Balaban J connectivity index is 1.43. The van der Waals surface area contributed by atoms with Crippen molar-refractivity contribution in [3.05, 3.63) is 60.2 Å². The van der Waals surface area contributed by atoms with E-state index in [0.29, 0.717) is 24.8 Å². The number of hydrogen-bond donors (Lipinski definition) is 2. The Labute approximate surface area is 173 Å². The van der Waals surface area contributed by atoms with Crippen molar-refractivity contribution in [3.63, 3.8) is 0 Å². The number of benzene rings is 2. The van der Waals surface area contributed by atoms with Crippen LogP contribution < -0.4 is 16.0 Å². The van der Waals surface area contributed by atoms with E-state index in [9.17, 15) is 4.79 Å². The fraction of sp³-hybridized carbons (Fsp3) is 0.391. The number of nitrogens with zero attached hydrogens (tertiary/aromatic N) is 3. The molecule has 3 N–H and O–H groups in total. The first kappa shape index (κ1) is 20.7. The number of carbonyl (C=O) groups excluding carboxylic acids is 1. The van der Waals surface area contributed by atoms with Crippen LogP contribution in [-0.2, 0) is 4.79 Å². The van der Waals surface area contributed by atoms with Gasteiger partial charge in [0, 0.05) is 44.0 Å². The van der Waals surface area contributed by atoms with E-state index in [0.717, 1.165) is 31.9 Å². The molecule has 0 aromatic heterocycles. The molecular weight excluding hydrogens is 362 g/mol. The third kappa shape index (κ3) is 5.98. The molecule has 0 saturated carbocycles. The van der Waals surface area contributed by atoms with Crippen LogP contribution >= 0.6 is 0 Å². The molecule has 6 nitrogen and oxygen atoms in total. The first-order chi connectivity index (χ1) is 14.0. The molecule has 6 heteroatoms. The molecule has 0 atom stereocenters. The summed E-state index contributed by atoms with van der Waals surface area (Å²) in [7, 11) is 0. The summed E-state index contributed by atoms with van der Waals surface area (Å²) in [5.41, 5.74) is 9.36. The number of guanidine groups is 1. The minimum absolute atomic E-state index is 0.135. The van der Waals surface area contributed by atoms with Crippen LogP contribution in [0.3, 0.4) is 0 Å². The van der Waals surface area contributed by atoms with Crippen molar-refractivity contribution in [2.45, 2.75) is 26.2 Å². The fourth-order valence-electron chi connectivity index (χ4n) is 3.45. The minimum Gasteiger partial charge on any atom is -0.370 e. The van der Waals surface area contributed by atoms with Crippen LogP contribution in [-0.4, -0.2) is 49.5 Å². The Morgan fingerprint density at radius 3 is 2.48 bits per heavy atom. The summed E-state index contributed by atoms with van der Waals surface area (Å²) in [4.78, 5) is 21.0. The molecule has 1 amide bonds. The molecule has 1 heterocycles. The van der Waals surface area contributed by atoms with Crippen molar-refractivity contribution in [1.82, 2.24) is 4.90 Å². The third-order valence-electron chi connectivity index (χ3n) is 5.19. The topological polar surface area (TPSA) is 74.0 Å². The highest BCUT2D eigenvalue weighted by atomic mass is 16.2. The maximum atomic E-state index is 12.5. The maximum absolute atomic E-state index is 12.5. The molecular formula is C23H31N5O. The molecule has 0 spiro atoms. The zero-order valence-electron chi connectivity index (χ0n) is 17.3. The van der Waals surface area contributed by atoms with E-state index in [2.05, 4.69) is 53.3 Å². The first-order valence-corrected chi connectivity index (χ1v) is 10.3. The number of amides is 1. The second-order valence-electron chi connectivity index (χ2n) is 7.63. The van der Waals surface area contributed by atoms with E-state index in [1.165, 1.54) is 11.3 Å². The molecule has 2 aromatic rings. The lowest BCUT2D eigenvalue weighted by Crippen LogP contribution is -2.48. The van der Waals surface area contributed by atoms with Gasteiger partial charge in [0.15, 0.2) is 5.96 Å². The van der Waals surface area contributed by atoms with E-state index >= 15 is 0 Å². The van der Waals surface area contributed by atoms with Gasteiger partial charge in [-0.3, -0.25) is 9.79 Å². The van der Waals surface area contributed by atoms with Gasteiger partial charge in [-0.2, -0.15) is 0 Å². The van der Waals surface area contributed by atoms with E-state index in [1.807, 2.05) is 35.2 Å². The van der Waals surface area contributed by atoms with Crippen LogP contribution in [0.1, 0.15) is 31.7 Å². The van der Waals surface area contributed by atoms with Crippen molar-refractivity contribution in [2.75, 3.05) is 42.9 Å². The van der Waals surface area contributed by atoms with Gasteiger partial charge in [0.25, 0.3) is 0 Å². The molecule has 0 radical (unpaired) electrons. The van der Waals surface area contributed by atoms with Gasteiger partial charge < -0.3 is 20.9 Å². The van der Waals surface area contributed by atoms with Crippen molar-refractivity contribution in [1.29, 1.82) is 0 Å². The van der Waals surface area contributed by atoms with Gasteiger partial charge >= 0.3 is 0 Å². The monoisotopic (exact) mass is 393 g/mol. The summed E-state index contributed by atoms with van der Waals surface area (Å²) in [5.74, 6) is 0.929. The Hall–Kier alpha value is -3.02. The predicted octanol–water partition coefficient (Wildman–Crippen LogP) is 3.28. The van der Waals surface area contributed by atoms with Gasteiger partial charge in [0.05, 0.1) is 6.54 Å². The van der Waals surface area contributed by atoms with Gasteiger partial charge in [0.1, 0.15) is 0 Å². The van der Waals surface area contributed by atoms with Crippen LogP contribution in [0.4, 0.5) is 11.4 Å². The SMILES string of the molecule is CC(C)c1cccc(NC(N)=NCCC(=O)N2CCN(c3ccccc3)CC2)c1. The zero-order valence-corrected chi connectivity index (χ0v) is 17.3. The average molecular weight is 394 g/mol. The zero-order chi connectivity index (χ0) is 20.6. The Morgan fingerprint density at radius 2 is 1.79 bits per heavy atom. The third-order valence-corrected chi connectivity index (χ3v) is 5.19. The minimum atomic E-state index is 0.135. The Morgan fingerprint density at radius 1 is 1.07 bits per heavy atom. The molecule has 29 heavy (non-hydrogen) atoms.